The fourth-order valence-corrected chi connectivity index (χ4v) is 1.88. The number of benzene rings is 1. The predicted octanol–water partition coefficient (Wildman–Crippen LogP) is 2.09. The van der Waals surface area contributed by atoms with Crippen LogP contribution in [0.2, 0.25) is 0 Å². The lowest BCUT2D eigenvalue weighted by Crippen LogP contribution is -2.36. The van der Waals surface area contributed by atoms with E-state index in [4.69, 9.17) is 9.47 Å². The summed E-state index contributed by atoms with van der Waals surface area (Å²) in [5, 5.41) is 10.4. The molecule has 0 fully saturated rings. The Bertz CT molecular complexity index is 353. The number of rotatable bonds is 8. The SMILES string of the molecule is CCOCCN(C)C(C)C(O)c1ccc(OC)cc1. The molecule has 1 rings (SSSR count). The first-order chi connectivity index (χ1) is 9.10. The molecule has 2 atom stereocenters. The van der Waals surface area contributed by atoms with Crippen molar-refractivity contribution in [1.82, 2.24) is 4.90 Å². The zero-order valence-corrected chi connectivity index (χ0v) is 12.3. The van der Waals surface area contributed by atoms with E-state index in [2.05, 4.69) is 4.90 Å². The minimum absolute atomic E-state index is 0.0360. The van der Waals surface area contributed by atoms with Crippen LogP contribution < -0.4 is 4.74 Å². The van der Waals surface area contributed by atoms with Gasteiger partial charge in [0.15, 0.2) is 0 Å². The number of nitrogens with zero attached hydrogens (tertiary/aromatic N) is 1. The van der Waals surface area contributed by atoms with E-state index in [1.807, 2.05) is 45.2 Å². The summed E-state index contributed by atoms with van der Waals surface area (Å²) in [6.45, 7) is 6.22. The Kier molecular flexibility index (Phi) is 6.84. The van der Waals surface area contributed by atoms with Crippen molar-refractivity contribution in [1.29, 1.82) is 0 Å². The average Bonchev–Trinajstić information content (AvgIpc) is 2.46. The third-order valence-electron chi connectivity index (χ3n) is 3.40. The van der Waals surface area contributed by atoms with Crippen LogP contribution in [0.1, 0.15) is 25.5 Å². The Hall–Kier alpha value is -1.10. The molecule has 0 saturated carbocycles. The fourth-order valence-electron chi connectivity index (χ4n) is 1.88. The molecule has 0 amide bonds. The number of aliphatic hydroxyl groups excluding tert-OH is 1. The second-order valence-electron chi connectivity index (χ2n) is 4.64. The van der Waals surface area contributed by atoms with Crippen LogP contribution in [0.4, 0.5) is 0 Å². The minimum atomic E-state index is -0.516. The van der Waals surface area contributed by atoms with Crippen LogP contribution in [0, 0.1) is 0 Å². The van der Waals surface area contributed by atoms with Crippen LogP contribution in [0.15, 0.2) is 24.3 Å². The number of methoxy groups -OCH3 is 1. The molecule has 0 aliphatic carbocycles. The summed E-state index contributed by atoms with van der Waals surface area (Å²) >= 11 is 0. The summed E-state index contributed by atoms with van der Waals surface area (Å²) in [4.78, 5) is 2.10. The molecule has 0 spiro atoms. The molecular formula is C15H25NO3. The monoisotopic (exact) mass is 267 g/mol. The molecule has 1 aromatic rings. The van der Waals surface area contributed by atoms with Crippen LogP contribution in [0.3, 0.4) is 0 Å². The Morgan fingerprint density at radius 3 is 2.42 bits per heavy atom. The van der Waals surface area contributed by atoms with Crippen molar-refractivity contribution < 1.29 is 14.6 Å². The van der Waals surface area contributed by atoms with Gasteiger partial charge in [-0.2, -0.15) is 0 Å². The highest BCUT2D eigenvalue weighted by atomic mass is 16.5. The molecule has 4 heteroatoms. The van der Waals surface area contributed by atoms with Crippen molar-refractivity contribution in [2.75, 3.05) is 33.9 Å². The number of likely N-dealkylation sites (N-methyl/N-ethyl adjacent to an activating group) is 1. The van der Waals surface area contributed by atoms with E-state index < -0.39 is 6.10 Å². The quantitative estimate of drug-likeness (QED) is 0.732. The lowest BCUT2D eigenvalue weighted by Gasteiger charge is -2.29. The minimum Gasteiger partial charge on any atom is -0.497 e. The molecule has 0 aliphatic heterocycles. The molecule has 0 aliphatic rings. The van der Waals surface area contributed by atoms with Gasteiger partial charge in [0.1, 0.15) is 5.75 Å². The van der Waals surface area contributed by atoms with Crippen molar-refractivity contribution in [3.05, 3.63) is 29.8 Å². The Morgan fingerprint density at radius 2 is 1.89 bits per heavy atom. The van der Waals surface area contributed by atoms with Gasteiger partial charge in [-0.05, 0) is 38.6 Å². The van der Waals surface area contributed by atoms with E-state index in [1.54, 1.807) is 7.11 Å². The van der Waals surface area contributed by atoms with E-state index in [1.165, 1.54) is 0 Å². The van der Waals surface area contributed by atoms with E-state index in [-0.39, 0.29) is 6.04 Å². The number of hydrogen-bond acceptors (Lipinski definition) is 4. The van der Waals surface area contributed by atoms with Crippen LogP contribution in [0.25, 0.3) is 0 Å². The maximum Gasteiger partial charge on any atom is 0.118 e. The Balaban J connectivity index is 2.56. The molecule has 0 saturated heterocycles. The molecule has 19 heavy (non-hydrogen) atoms. The van der Waals surface area contributed by atoms with Gasteiger partial charge in [-0.25, -0.2) is 0 Å². The second kappa shape index (κ2) is 8.15. The van der Waals surface area contributed by atoms with Gasteiger partial charge < -0.3 is 14.6 Å². The highest BCUT2D eigenvalue weighted by molar-refractivity contribution is 5.28. The third kappa shape index (κ3) is 4.82. The van der Waals surface area contributed by atoms with Gasteiger partial charge in [-0.1, -0.05) is 12.1 Å². The van der Waals surface area contributed by atoms with Gasteiger partial charge in [0.2, 0.25) is 0 Å². The van der Waals surface area contributed by atoms with Crippen LogP contribution in [-0.4, -0.2) is 50.0 Å². The highest BCUT2D eigenvalue weighted by Crippen LogP contribution is 2.22. The molecule has 2 unspecified atom stereocenters. The number of hydrogen-bond donors (Lipinski definition) is 1. The van der Waals surface area contributed by atoms with E-state index >= 15 is 0 Å². The first kappa shape index (κ1) is 16.0. The van der Waals surface area contributed by atoms with Crippen molar-refractivity contribution in [3.8, 4) is 5.75 Å². The molecule has 0 bridgehead atoms. The molecule has 4 nitrogen and oxygen atoms in total. The summed E-state index contributed by atoms with van der Waals surface area (Å²) in [6, 6.07) is 7.57. The summed E-state index contributed by atoms with van der Waals surface area (Å²) < 4.78 is 10.4. The van der Waals surface area contributed by atoms with Gasteiger partial charge in [-0.15, -0.1) is 0 Å². The lowest BCUT2D eigenvalue weighted by atomic mass is 10.0. The van der Waals surface area contributed by atoms with Crippen molar-refractivity contribution in [2.45, 2.75) is 26.0 Å². The first-order valence-electron chi connectivity index (χ1n) is 6.70. The standard InChI is InChI=1S/C15H25NO3/c1-5-19-11-10-16(3)12(2)15(17)13-6-8-14(18-4)9-7-13/h6-9,12,15,17H,5,10-11H2,1-4H3. The van der Waals surface area contributed by atoms with Gasteiger partial charge in [0.25, 0.3) is 0 Å². The van der Waals surface area contributed by atoms with Gasteiger partial charge >= 0.3 is 0 Å². The summed E-state index contributed by atoms with van der Waals surface area (Å²) in [6.07, 6.45) is -0.516. The Morgan fingerprint density at radius 1 is 1.26 bits per heavy atom. The second-order valence-corrected chi connectivity index (χ2v) is 4.64. The van der Waals surface area contributed by atoms with Gasteiger partial charge in [-0.3, -0.25) is 4.90 Å². The smallest absolute Gasteiger partial charge is 0.118 e. The zero-order chi connectivity index (χ0) is 14.3. The molecule has 0 radical (unpaired) electrons. The summed E-state index contributed by atoms with van der Waals surface area (Å²) in [7, 11) is 3.63. The molecule has 1 N–H and O–H groups in total. The summed E-state index contributed by atoms with van der Waals surface area (Å²) in [5.74, 6) is 0.799. The average molecular weight is 267 g/mol. The maximum absolute atomic E-state index is 10.4. The largest absolute Gasteiger partial charge is 0.497 e. The Labute approximate surface area is 115 Å². The molecule has 0 heterocycles. The van der Waals surface area contributed by atoms with Crippen LogP contribution in [-0.2, 0) is 4.74 Å². The number of aliphatic hydroxyl groups is 1. The lowest BCUT2D eigenvalue weighted by molar-refractivity contribution is 0.0495. The summed E-state index contributed by atoms with van der Waals surface area (Å²) in [5.41, 5.74) is 0.900. The van der Waals surface area contributed by atoms with Gasteiger partial charge in [0.05, 0.1) is 19.8 Å². The topological polar surface area (TPSA) is 41.9 Å². The van der Waals surface area contributed by atoms with Crippen molar-refractivity contribution >= 4 is 0 Å². The molecule has 108 valence electrons. The predicted molar refractivity (Wildman–Crippen MR) is 76.5 cm³/mol. The van der Waals surface area contributed by atoms with Crippen LogP contribution in [0.5, 0.6) is 5.75 Å². The normalized spacial score (nSPS) is 14.4. The van der Waals surface area contributed by atoms with E-state index in [0.29, 0.717) is 6.61 Å². The maximum atomic E-state index is 10.4. The molecular weight excluding hydrogens is 242 g/mol. The molecule has 0 aromatic heterocycles. The first-order valence-corrected chi connectivity index (χ1v) is 6.70. The zero-order valence-electron chi connectivity index (χ0n) is 12.3. The highest BCUT2D eigenvalue weighted by Gasteiger charge is 2.20. The number of ether oxygens (including phenoxy) is 2. The van der Waals surface area contributed by atoms with Gasteiger partial charge in [0, 0.05) is 19.2 Å². The van der Waals surface area contributed by atoms with Crippen molar-refractivity contribution in [2.24, 2.45) is 0 Å². The van der Waals surface area contributed by atoms with Crippen LogP contribution >= 0.6 is 0 Å². The van der Waals surface area contributed by atoms with E-state index in [0.717, 1.165) is 24.5 Å². The fraction of sp³-hybridized carbons (Fsp3) is 0.600. The van der Waals surface area contributed by atoms with E-state index in [9.17, 15) is 5.11 Å². The van der Waals surface area contributed by atoms with Crippen molar-refractivity contribution in [3.63, 3.8) is 0 Å². The molecule has 1 aromatic carbocycles. The third-order valence-corrected chi connectivity index (χ3v) is 3.40.